The molecule has 3 aliphatic rings. The molecule has 0 radical (unpaired) electrons. The highest BCUT2D eigenvalue weighted by Gasteiger charge is 2.60. The minimum absolute atomic E-state index is 0.0250. The smallest absolute Gasteiger partial charge is 0.257 e. The third kappa shape index (κ3) is 1.91. The van der Waals surface area contributed by atoms with Crippen LogP contribution in [0.3, 0.4) is 0 Å². The molecule has 3 unspecified atom stereocenters. The van der Waals surface area contributed by atoms with Crippen LogP contribution in [0.1, 0.15) is 30.9 Å². The highest BCUT2D eigenvalue weighted by Crippen LogP contribution is 2.47. The first kappa shape index (κ1) is 13.2. The van der Waals surface area contributed by atoms with Gasteiger partial charge in [-0.05, 0) is 31.5 Å². The quantitative estimate of drug-likeness (QED) is 0.857. The molecule has 0 bridgehead atoms. The van der Waals surface area contributed by atoms with Crippen LogP contribution >= 0.6 is 0 Å². The SMILES string of the molecule is O=C1N2C(c3ccccc3)CC(F)C2OC12CCNCC2. The number of hydrogen-bond donors (Lipinski definition) is 1. The summed E-state index contributed by atoms with van der Waals surface area (Å²) in [5.74, 6) is -0.0250. The maximum atomic E-state index is 14.4. The fraction of sp³-hybridized carbons (Fsp3) is 0.562. The van der Waals surface area contributed by atoms with Crippen LogP contribution in [0.15, 0.2) is 30.3 Å². The molecule has 1 aromatic rings. The van der Waals surface area contributed by atoms with E-state index in [0.717, 1.165) is 18.7 Å². The van der Waals surface area contributed by atoms with Crippen molar-refractivity contribution in [2.24, 2.45) is 0 Å². The largest absolute Gasteiger partial charge is 0.339 e. The molecule has 3 fully saturated rings. The van der Waals surface area contributed by atoms with E-state index in [1.807, 2.05) is 30.3 Å². The maximum Gasteiger partial charge on any atom is 0.257 e. The molecule has 0 aliphatic carbocycles. The van der Waals surface area contributed by atoms with E-state index >= 15 is 0 Å². The Morgan fingerprint density at radius 2 is 1.95 bits per heavy atom. The molecular formula is C16H19FN2O2. The second-order valence-electron chi connectivity index (χ2n) is 6.14. The molecule has 4 nitrogen and oxygen atoms in total. The summed E-state index contributed by atoms with van der Waals surface area (Å²) in [6.07, 6.45) is -0.219. The zero-order valence-electron chi connectivity index (χ0n) is 11.8. The molecule has 0 saturated carbocycles. The monoisotopic (exact) mass is 290 g/mol. The fourth-order valence-electron chi connectivity index (χ4n) is 3.83. The van der Waals surface area contributed by atoms with Crippen molar-refractivity contribution in [3.63, 3.8) is 0 Å². The summed E-state index contributed by atoms with van der Waals surface area (Å²) in [5, 5.41) is 3.23. The standard InChI is InChI=1S/C16H19FN2O2/c17-12-10-13(11-4-2-1-3-5-11)19-14(12)21-16(15(19)20)6-8-18-9-7-16/h1-5,12-14,18H,6-10H2. The van der Waals surface area contributed by atoms with Gasteiger partial charge in [-0.3, -0.25) is 4.79 Å². The number of hydrogen-bond acceptors (Lipinski definition) is 3. The summed E-state index contributed by atoms with van der Waals surface area (Å²) < 4.78 is 20.3. The van der Waals surface area contributed by atoms with Crippen LogP contribution in [0.2, 0.25) is 0 Å². The molecule has 1 spiro atoms. The molecule has 112 valence electrons. The zero-order chi connectivity index (χ0) is 14.4. The number of benzene rings is 1. The van der Waals surface area contributed by atoms with Crippen molar-refractivity contribution in [1.82, 2.24) is 10.2 Å². The average molecular weight is 290 g/mol. The third-order valence-corrected chi connectivity index (χ3v) is 4.93. The van der Waals surface area contributed by atoms with Gasteiger partial charge in [0.1, 0.15) is 6.17 Å². The highest BCUT2D eigenvalue weighted by atomic mass is 19.1. The molecule has 21 heavy (non-hydrogen) atoms. The summed E-state index contributed by atoms with van der Waals surface area (Å²) in [7, 11) is 0. The Balaban J connectivity index is 1.67. The number of amides is 1. The van der Waals surface area contributed by atoms with Gasteiger partial charge in [-0.15, -0.1) is 0 Å². The summed E-state index contributed by atoms with van der Waals surface area (Å²) in [6.45, 7) is 1.50. The van der Waals surface area contributed by atoms with E-state index in [9.17, 15) is 9.18 Å². The Bertz CT molecular complexity index is 544. The van der Waals surface area contributed by atoms with Crippen LogP contribution in [0, 0.1) is 0 Å². The van der Waals surface area contributed by atoms with Crippen LogP contribution in [0.25, 0.3) is 0 Å². The second-order valence-corrected chi connectivity index (χ2v) is 6.14. The lowest BCUT2D eigenvalue weighted by molar-refractivity contribution is -0.141. The van der Waals surface area contributed by atoms with Crippen LogP contribution in [-0.4, -0.2) is 41.9 Å². The van der Waals surface area contributed by atoms with Crippen LogP contribution < -0.4 is 5.32 Å². The number of piperidine rings is 1. The van der Waals surface area contributed by atoms with Crippen molar-refractivity contribution in [2.45, 2.75) is 43.3 Å². The molecule has 1 aromatic carbocycles. The Labute approximate surface area is 123 Å². The summed E-state index contributed by atoms with van der Waals surface area (Å²) in [5.41, 5.74) is 0.193. The highest BCUT2D eigenvalue weighted by molar-refractivity contribution is 5.88. The third-order valence-electron chi connectivity index (χ3n) is 4.93. The number of ether oxygens (including phenoxy) is 1. The van der Waals surface area contributed by atoms with Crippen molar-refractivity contribution >= 4 is 5.91 Å². The van der Waals surface area contributed by atoms with Gasteiger partial charge in [-0.25, -0.2) is 4.39 Å². The van der Waals surface area contributed by atoms with Gasteiger partial charge >= 0.3 is 0 Å². The molecule has 5 heteroatoms. The van der Waals surface area contributed by atoms with Crippen molar-refractivity contribution in [1.29, 1.82) is 0 Å². The van der Waals surface area contributed by atoms with Gasteiger partial charge in [-0.2, -0.15) is 0 Å². The Kier molecular flexibility index (Phi) is 3.01. The van der Waals surface area contributed by atoms with E-state index < -0.39 is 18.0 Å². The number of fused-ring (bicyclic) bond motifs is 1. The molecule has 3 aliphatic heterocycles. The molecule has 3 saturated heterocycles. The summed E-state index contributed by atoms with van der Waals surface area (Å²) in [4.78, 5) is 14.6. The maximum absolute atomic E-state index is 14.4. The van der Waals surface area contributed by atoms with E-state index in [1.165, 1.54) is 0 Å². The van der Waals surface area contributed by atoms with Gasteiger partial charge in [0.2, 0.25) is 0 Å². The molecule has 3 atom stereocenters. The van der Waals surface area contributed by atoms with Gasteiger partial charge in [0.05, 0.1) is 6.04 Å². The van der Waals surface area contributed by atoms with Gasteiger partial charge in [0, 0.05) is 6.42 Å². The minimum Gasteiger partial charge on any atom is -0.339 e. The number of alkyl halides is 1. The van der Waals surface area contributed by atoms with Crippen LogP contribution in [-0.2, 0) is 9.53 Å². The van der Waals surface area contributed by atoms with Gasteiger partial charge in [0.15, 0.2) is 11.8 Å². The number of carbonyl (C=O) groups excluding carboxylic acids is 1. The number of rotatable bonds is 1. The lowest BCUT2D eigenvalue weighted by Gasteiger charge is -2.32. The molecule has 0 aromatic heterocycles. The lowest BCUT2D eigenvalue weighted by atomic mass is 9.90. The van der Waals surface area contributed by atoms with Crippen molar-refractivity contribution in [3.8, 4) is 0 Å². The average Bonchev–Trinajstić information content (AvgIpc) is 2.98. The van der Waals surface area contributed by atoms with Crippen LogP contribution in [0.4, 0.5) is 4.39 Å². The van der Waals surface area contributed by atoms with E-state index in [-0.39, 0.29) is 11.9 Å². The molecule has 4 rings (SSSR count). The van der Waals surface area contributed by atoms with E-state index in [2.05, 4.69) is 5.32 Å². The van der Waals surface area contributed by atoms with Crippen molar-refractivity contribution in [2.75, 3.05) is 13.1 Å². The second kappa shape index (κ2) is 4.78. The normalized spacial score (nSPS) is 34.4. The number of carbonyl (C=O) groups is 1. The Morgan fingerprint density at radius 1 is 1.24 bits per heavy atom. The van der Waals surface area contributed by atoms with Gasteiger partial charge < -0.3 is 15.0 Å². The molecule has 3 heterocycles. The van der Waals surface area contributed by atoms with E-state index in [4.69, 9.17) is 4.74 Å². The topological polar surface area (TPSA) is 41.6 Å². The minimum atomic E-state index is -1.10. The van der Waals surface area contributed by atoms with Gasteiger partial charge in [-0.1, -0.05) is 30.3 Å². The molecule has 1 N–H and O–H groups in total. The zero-order valence-corrected chi connectivity index (χ0v) is 11.8. The lowest BCUT2D eigenvalue weighted by Crippen LogP contribution is -2.49. The van der Waals surface area contributed by atoms with Crippen molar-refractivity contribution < 1.29 is 13.9 Å². The first-order valence-electron chi connectivity index (χ1n) is 7.62. The predicted octanol–water partition coefficient (Wildman–Crippen LogP) is 1.78. The first-order valence-corrected chi connectivity index (χ1v) is 7.62. The molecule has 1 amide bonds. The predicted molar refractivity (Wildman–Crippen MR) is 75.2 cm³/mol. The first-order chi connectivity index (χ1) is 10.2. The Hall–Kier alpha value is -1.46. The van der Waals surface area contributed by atoms with Gasteiger partial charge in [0.25, 0.3) is 5.91 Å². The van der Waals surface area contributed by atoms with Crippen LogP contribution in [0.5, 0.6) is 0 Å². The fourth-order valence-corrected chi connectivity index (χ4v) is 3.83. The number of halogens is 1. The molecular weight excluding hydrogens is 271 g/mol. The van der Waals surface area contributed by atoms with E-state index in [0.29, 0.717) is 19.3 Å². The summed E-state index contributed by atoms with van der Waals surface area (Å²) >= 11 is 0. The number of nitrogens with one attached hydrogen (secondary N) is 1. The summed E-state index contributed by atoms with van der Waals surface area (Å²) in [6, 6.07) is 9.50. The van der Waals surface area contributed by atoms with Crippen molar-refractivity contribution in [3.05, 3.63) is 35.9 Å². The number of nitrogens with zero attached hydrogens (tertiary/aromatic N) is 1. The van der Waals surface area contributed by atoms with E-state index in [1.54, 1.807) is 4.90 Å². The Morgan fingerprint density at radius 3 is 2.67 bits per heavy atom.